The van der Waals surface area contributed by atoms with E-state index in [1.54, 1.807) is 12.4 Å². The number of aromatic amines is 1. The van der Waals surface area contributed by atoms with Gasteiger partial charge in [0.05, 0.1) is 18.0 Å². The molecule has 6 heteroatoms. The molecule has 4 aliphatic carbocycles. The molecular weight excluding hydrogens is 318 g/mol. The van der Waals surface area contributed by atoms with Crippen molar-refractivity contribution in [1.29, 1.82) is 0 Å². The molecule has 2 aromatic rings. The minimum Gasteiger partial charge on any atom is -0.390 e. The molecule has 3 heterocycles. The van der Waals surface area contributed by atoms with Crippen LogP contribution in [-0.2, 0) is 0 Å². The maximum atomic E-state index is 10.9. The van der Waals surface area contributed by atoms with Crippen LogP contribution in [0.4, 0.5) is 0 Å². The third kappa shape index (κ3) is 1.89. The van der Waals surface area contributed by atoms with Crippen molar-refractivity contribution < 1.29 is 15.2 Å². The van der Waals surface area contributed by atoms with Gasteiger partial charge in [-0.05, 0) is 67.4 Å². The first-order valence-electron chi connectivity index (χ1n) is 9.16. The lowest BCUT2D eigenvalue weighted by Crippen LogP contribution is -2.55. The number of aromatic nitrogens is 2. The van der Waals surface area contributed by atoms with Crippen molar-refractivity contribution in [2.24, 2.45) is 23.7 Å². The number of hydrogen-bond acceptors (Lipinski definition) is 5. The molecule has 4 saturated carbocycles. The lowest BCUT2D eigenvalue weighted by atomic mass is 9.48. The highest BCUT2D eigenvalue weighted by molar-refractivity contribution is 5.94. The fourth-order valence-corrected chi connectivity index (χ4v) is 6.41. The fourth-order valence-electron chi connectivity index (χ4n) is 6.41. The third-order valence-electron chi connectivity index (χ3n) is 6.88. The van der Waals surface area contributed by atoms with E-state index in [2.05, 4.69) is 9.97 Å². The van der Waals surface area contributed by atoms with Gasteiger partial charge in [0.1, 0.15) is 5.65 Å². The van der Waals surface area contributed by atoms with Crippen LogP contribution in [0.25, 0.3) is 16.6 Å². The Labute approximate surface area is 145 Å². The van der Waals surface area contributed by atoms with Crippen LogP contribution < -0.4 is 4.84 Å². The molecule has 3 N–H and O–H groups in total. The number of fused-ring (bicyclic) bond motifs is 3. The van der Waals surface area contributed by atoms with Gasteiger partial charge in [-0.1, -0.05) is 5.23 Å². The van der Waals surface area contributed by atoms with Crippen molar-refractivity contribution in [3.8, 4) is 5.75 Å². The van der Waals surface area contributed by atoms with Crippen LogP contribution in [0.3, 0.4) is 0 Å². The maximum absolute atomic E-state index is 10.9. The number of hydroxylamine groups is 2. The number of hydrogen-bond donors (Lipinski definition) is 3. The number of aliphatic hydroxyl groups is 1. The van der Waals surface area contributed by atoms with E-state index in [0.717, 1.165) is 46.7 Å². The molecule has 5 aliphatic rings. The summed E-state index contributed by atoms with van der Waals surface area (Å²) >= 11 is 0. The average molecular weight is 339 g/mol. The van der Waals surface area contributed by atoms with Gasteiger partial charge in [-0.2, -0.15) is 0 Å². The Morgan fingerprint density at radius 2 is 2.04 bits per heavy atom. The Balaban J connectivity index is 1.52. The minimum absolute atomic E-state index is 0.356. The van der Waals surface area contributed by atoms with E-state index in [4.69, 9.17) is 4.84 Å². The highest BCUT2D eigenvalue weighted by Crippen LogP contribution is 2.62. The summed E-state index contributed by atoms with van der Waals surface area (Å²) in [5.74, 6) is 2.57. The third-order valence-corrected chi connectivity index (χ3v) is 6.88. The second-order valence-corrected chi connectivity index (χ2v) is 8.44. The van der Waals surface area contributed by atoms with E-state index in [-0.39, 0.29) is 0 Å². The summed E-state index contributed by atoms with van der Waals surface area (Å²) in [4.78, 5) is 13.0. The molecular formula is C19H21N3O3. The van der Waals surface area contributed by atoms with Gasteiger partial charge in [-0.25, -0.2) is 4.98 Å². The van der Waals surface area contributed by atoms with Crippen molar-refractivity contribution >= 4 is 16.6 Å². The second kappa shape index (κ2) is 4.56. The van der Waals surface area contributed by atoms with Crippen molar-refractivity contribution in [3.63, 3.8) is 0 Å². The van der Waals surface area contributed by atoms with Crippen LogP contribution in [0.5, 0.6) is 5.75 Å². The number of nitrogens with one attached hydrogen (secondary N) is 1. The Bertz CT molecular complexity index is 888. The summed E-state index contributed by atoms with van der Waals surface area (Å²) < 4.78 is 0. The molecule has 2 unspecified atom stereocenters. The summed E-state index contributed by atoms with van der Waals surface area (Å²) in [6.45, 7) is 0. The molecule has 25 heavy (non-hydrogen) atoms. The molecule has 0 spiro atoms. The Morgan fingerprint density at radius 1 is 1.24 bits per heavy atom. The molecule has 6 nitrogen and oxygen atoms in total. The SMILES string of the molecule is ON1C=C(C2C3CC4CC2CC(O)(C4)C3)c2c(cnc3[nH]ccc23)O1. The molecule has 0 saturated heterocycles. The van der Waals surface area contributed by atoms with E-state index >= 15 is 0 Å². The molecule has 7 rings (SSSR count). The minimum atomic E-state index is -0.456. The first kappa shape index (κ1) is 14.2. The van der Waals surface area contributed by atoms with Gasteiger partial charge in [-0.15, -0.1) is 0 Å². The zero-order chi connectivity index (χ0) is 16.8. The Hall–Kier alpha value is -2.05. The van der Waals surface area contributed by atoms with Gasteiger partial charge in [-0.3, -0.25) is 5.21 Å². The van der Waals surface area contributed by atoms with E-state index in [1.807, 2.05) is 12.3 Å². The predicted octanol–water partition coefficient (Wildman–Crippen LogP) is 3.09. The lowest BCUT2D eigenvalue weighted by Gasteiger charge is -2.58. The normalized spacial score (nSPS) is 38.6. The van der Waals surface area contributed by atoms with Gasteiger partial charge in [0.2, 0.25) is 0 Å². The quantitative estimate of drug-likeness (QED) is 0.744. The largest absolute Gasteiger partial charge is 0.390 e. The fraction of sp³-hybridized carbons (Fsp3) is 0.526. The summed E-state index contributed by atoms with van der Waals surface area (Å²) in [6, 6.07) is 2.02. The smallest absolute Gasteiger partial charge is 0.184 e. The molecule has 130 valence electrons. The molecule has 0 aromatic carbocycles. The molecule has 2 atom stereocenters. The van der Waals surface area contributed by atoms with Gasteiger partial charge < -0.3 is 14.9 Å². The zero-order valence-corrected chi connectivity index (χ0v) is 13.9. The van der Waals surface area contributed by atoms with E-state index in [0.29, 0.717) is 29.4 Å². The lowest BCUT2D eigenvalue weighted by molar-refractivity contribution is -0.244. The van der Waals surface area contributed by atoms with Crippen molar-refractivity contribution in [3.05, 3.63) is 30.2 Å². The summed E-state index contributed by atoms with van der Waals surface area (Å²) in [5, 5.41) is 22.8. The first-order valence-corrected chi connectivity index (χ1v) is 9.16. The van der Waals surface area contributed by atoms with Gasteiger partial charge in [0.25, 0.3) is 0 Å². The van der Waals surface area contributed by atoms with E-state index in [9.17, 15) is 10.3 Å². The molecule has 2 aromatic heterocycles. The maximum Gasteiger partial charge on any atom is 0.184 e. The van der Waals surface area contributed by atoms with Crippen LogP contribution >= 0.6 is 0 Å². The van der Waals surface area contributed by atoms with Gasteiger partial charge in [0, 0.05) is 17.1 Å². The number of allylic oxidation sites excluding steroid dienone is 1. The number of pyridine rings is 1. The van der Waals surface area contributed by atoms with Crippen LogP contribution in [0.2, 0.25) is 0 Å². The van der Waals surface area contributed by atoms with Crippen LogP contribution in [0, 0.1) is 23.7 Å². The number of rotatable bonds is 1. The summed E-state index contributed by atoms with van der Waals surface area (Å²) in [7, 11) is 0. The second-order valence-electron chi connectivity index (χ2n) is 8.44. The molecule has 0 amide bonds. The highest BCUT2D eigenvalue weighted by Gasteiger charge is 2.56. The molecule has 4 fully saturated rings. The summed E-state index contributed by atoms with van der Waals surface area (Å²) in [6.07, 6.45) is 10.4. The first-order chi connectivity index (χ1) is 12.1. The standard InChI is InChI=1S/C19H21N3O3/c23-19-5-10-3-11(6-19)16(12(4-10)7-19)14-9-22(24)25-15-8-21-18-13(17(14)15)1-2-20-18/h1-2,8-12,16,23-24H,3-7H2,(H,20,21). The number of nitrogens with zero attached hydrogens (tertiary/aromatic N) is 2. The highest BCUT2D eigenvalue weighted by atomic mass is 16.9. The van der Waals surface area contributed by atoms with E-state index in [1.165, 1.54) is 12.8 Å². The van der Waals surface area contributed by atoms with Crippen molar-refractivity contribution in [1.82, 2.24) is 15.2 Å². The van der Waals surface area contributed by atoms with Crippen LogP contribution in [0.1, 0.15) is 37.7 Å². The summed E-state index contributed by atoms with van der Waals surface area (Å²) in [5.41, 5.74) is 2.55. The molecule has 0 radical (unpaired) electrons. The van der Waals surface area contributed by atoms with Gasteiger partial charge >= 0.3 is 0 Å². The van der Waals surface area contributed by atoms with Gasteiger partial charge in [0.15, 0.2) is 5.75 Å². The van der Waals surface area contributed by atoms with Crippen molar-refractivity contribution in [2.45, 2.75) is 37.7 Å². The average Bonchev–Trinajstić information content (AvgIpc) is 3.00. The molecule has 4 bridgehead atoms. The topological polar surface area (TPSA) is 81.6 Å². The monoisotopic (exact) mass is 339 g/mol. The van der Waals surface area contributed by atoms with E-state index < -0.39 is 5.60 Å². The Morgan fingerprint density at radius 3 is 2.80 bits per heavy atom. The molecule has 1 aliphatic heterocycles. The van der Waals surface area contributed by atoms with Crippen LogP contribution in [0.15, 0.2) is 24.7 Å². The predicted molar refractivity (Wildman–Crippen MR) is 90.3 cm³/mol. The van der Waals surface area contributed by atoms with Crippen molar-refractivity contribution in [2.75, 3.05) is 0 Å². The zero-order valence-electron chi connectivity index (χ0n) is 13.9. The van der Waals surface area contributed by atoms with Crippen LogP contribution in [-0.4, -0.2) is 31.1 Å². The Kier molecular flexibility index (Phi) is 2.58. The number of H-pyrrole nitrogens is 1.